The minimum atomic E-state index is -1.09. The number of nitrogens with zero attached hydrogens (tertiary/aromatic N) is 1. The van der Waals surface area contributed by atoms with E-state index in [0.29, 0.717) is 16.8 Å². The van der Waals surface area contributed by atoms with Crippen LogP contribution in [-0.2, 0) is 16.6 Å². The van der Waals surface area contributed by atoms with Crippen LogP contribution in [0.4, 0.5) is 5.69 Å². The molecule has 6 N–H and O–H groups in total. The summed E-state index contributed by atoms with van der Waals surface area (Å²) in [6, 6.07) is 12.9. The second-order valence-corrected chi connectivity index (χ2v) is 8.99. The van der Waals surface area contributed by atoms with Gasteiger partial charge < -0.3 is 25.1 Å². The number of hydrazine groups is 1. The van der Waals surface area contributed by atoms with Gasteiger partial charge in [-0.15, -0.1) is 0 Å². The zero-order valence-electron chi connectivity index (χ0n) is 22.6. The number of nitrogen functional groups attached to an aromatic ring is 1. The number of hydrogen-bond donors (Lipinski definition) is 5. The molecule has 210 valence electrons. The van der Waals surface area contributed by atoms with E-state index in [0.717, 1.165) is 0 Å². The fourth-order valence-corrected chi connectivity index (χ4v) is 3.68. The van der Waals surface area contributed by atoms with Gasteiger partial charge in [-0.1, -0.05) is 6.07 Å². The number of esters is 1. The SMILES string of the molecule is CCOc1cc(C(Nc2ccc(C(=N)N)cc2)C(=O)NNC(=O)c2cccn(C)c2=O)ccc1C(=O)OC(C)C. The van der Waals surface area contributed by atoms with Crippen molar-refractivity contribution in [1.82, 2.24) is 15.4 Å². The predicted molar refractivity (Wildman–Crippen MR) is 149 cm³/mol. The number of aromatic nitrogens is 1. The summed E-state index contributed by atoms with van der Waals surface area (Å²) < 4.78 is 12.2. The number of carbonyl (C=O) groups excluding carboxylic acids is 3. The maximum Gasteiger partial charge on any atom is 0.342 e. The Morgan fingerprint density at radius 3 is 2.35 bits per heavy atom. The summed E-state index contributed by atoms with van der Waals surface area (Å²) >= 11 is 0. The Balaban J connectivity index is 1.94. The van der Waals surface area contributed by atoms with Crippen molar-refractivity contribution < 1.29 is 23.9 Å². The Morgan fingerprint density at radius 1 is 1.02 bits per heavy atom. The molecule has 0 aliphatic heterocycles. The minimum absolute atomic E-state index is 0.110. The van der Waals surface area contributed by atoms with Gasteiger partial charge in [0.2, 0.25) is 0 Å². The number of rotatable bonds is 10. The van der Waals surface area contributed by atoms with Crippen LogP contribution in [0.2, 0.25) is 0 Å². The van der Waals surface area contributed by atoms with Crippen LogP contribution < -0.4 is 32.2 Å². The number of ether oxygens (including phenoxy) is 2. The summed E-state index contributed by atoms with van der Waals surface area (Å²) in [7, 11) is 1.51. The molecule has 0 aliphatic rings. The van der Waals surface area contributed by atoms with Crippen molar-refractivity contribution in [2.75, 3.05) is 11.9 Å². The molecule has 0 radical (unpaired) electrons. The maximum absolute atomic E-state index is 13.4. The molecule has 1 unspecified atom stereocenters. The molecule has 40 heavy (non-hydrogen) atoms. The van der Waals surface area contributed by atoms with Gasteiger partial charge in [0.15, 0.2) is 0 Å². The summed E-state index contributed by atoms with van der Waals surface area (Å²) in [4.78, 5) is 50.9. The summed E-state index contributed by atoms with van der Waals surface area (Å²) in [5.74, 6) is -1.93. The molecule has 0 fully saturated rings. The number of amides is 2. The third-order valence-electron chi connectivity index (χ3n) is 5.64. The number of hydrogen-bond acceptors (Lipinski definition) is 8. The fraction of sp³-hybridized carbons (Fsp3) is 0.250. The Bertz CT molecular complexity index is 1460. The number of amidine groups is 1. The molecule has 1 atom stereocenters. The summed E-state index contributed by atoms with van der Waals surface area (Å²) in [6.07, 6.45) is 1.16. The van der Waals surface area contributed by atoms with E-state index in [1.807, 2.05) is 0 Å². The van der Waals surface area contributed by atoms with Crippen LogP contribution in [0.5, 0.6) is 5.75 Å². The second kappa shape index (κ2) is 13.1. The van der Waals surface area contributed by atoms with Crippen LogP contribution in [0, 0.1) is 5.41 Å². The van der Waals surface area contributed by atoms with Gasteiger partial charge in [0.05, 0.1) is 12.7 Å². The van der Waals surface area contributed by atoms with Crippen LogP contribution >= 0.6 is 0 Å². The topological polar surface area (TPSA) is 178 Å². The zero-order valence-corrected chi connectivity index (χ0v) is 22.6. The van der Waals surface area contributed by atoms with E-state index < -0.39 is 29.4 Å². The summed E-state index contributed by atoms with van der Waals surface area (Å²) in [5, 5.41) is 10.7. The largest absolute Gasteiger partial charge is 0.493 e. The van der Waals surface area contributed by atoms with E-state index in [1.54, 1.807) is 51.1 Å². The number of aryl methyl sites for hydroxylation is 1. The van der Waals surface area contributed by atoms with Gasteiger partial charge in [-0.05, 0) is 74.9 Å². The lowest BCUT2D eigenvalue weighted by atomic mass is 10.0. The monoisotopic (exact) mass is 548 g/mol. The van der Waals surface area contributed by atoms with Crippen molar-refractivity contribution in [3.05, 3.63) is 93.4 Å². The highest BCUT2D eigenvalue weighted by molar-refractivity contribution is 5.97. The zero-order chi connectivity index (χ0) is 29.4. The average Bonchev–Trinajstić information content (AvgIpc) is 2.91. The molecule has 0 saturated heterocycles. The number of carbonyl (C=O) groups is 3. The third-order valence-corrected chi connectivity index (χ3v) is 5.64. The molecular formula is C28H32N6O6. The van der Waals surface area contributed by atoms with E-state index in [9.17, 15) is 19.2 Å². The van der Waals surface area contributed by atoms with Gasteiger partial charge in [0, 0.05) is 24.5 Å². The Kier molecular flexibility index (Phi) is 9.63. The van der Waals surface area contributed by atoms with Crippen molar-refractivity contribution in [3.8, 4) is 5.75 Å². The van der Waals surface area contributed by atoms with Gasteiger partial charge >= 0.3 is 5.97 Å². The highest BCUT2D eigenvalue weighted by atomic mass is 16.5. The molecule has 12 heteroatoms. The first-order valence-electron chi connectivity index (χ1n) is 12.5. The van der Waals surface area contributed by atoms with Gasteiger partial charge in [-0.25, -0.2) is 4.79 Å². The van der Waals surface area contributed by atoms with Gasteiger partial charge in [-0.2, -0.15) is 0 Å². The van der Waals surface area contributed by atoms with Gasteiger partial charge in [0.1, 0.15) is 28.8 Å². The third kappa shape index (κ3) is 7.25. The Hall–Kier alpha value is -5.13. The number of nitrogens with one attached hydrogen (secondary N) is 4. The molecule has 3 rings (SSSR count). The summed E-state index contributed by atoms with van der Waals surface area (Å²) in [6.45, 7) is 5.47. The average molecular weight is 549 g/mol. The van der Waals surface area contributed by atoms with E-state index >= 15 is 0 Å². The van der Waals surface area contributed by atoms with Gasteiger partial charge in [0.25, 0.3) is 17.4 Å². The highest BCUT2D eigenvalue weighted by Crippen LogP contribution is 2.28. The standard InChI is InChI=1S/C28H32N6O6/c1-5-39-22-15-18(10-13-20(22)28(38)40-16(2)3)23(31-19-11-8-17(9-12-19)24(29)30)26(36)33-32-25(35)21-7-6-14-34(4)27(21)37/h6-16,23,31H,5H2,1-4H3,(H3,29,30)(H,32,35)(H,33,36). The summed E-state index contributed by atoms with van der Waals surface area (Å²) in [5.41, 5.74) is 11.1. The number of anilines is 1. The van der Waals surface area contributed by atoms with E-state index in [4.69, 9.17) is 20.6 Å². The fourth-order valence-electron chi connectivity index (χ4n) is 3.68. The first-order valence-corrected chi connectivity index (χ1v) is 12.5. The molecule has 1 aromatic heterocycles. The molecule has 2 aromatic carbocycles. The van der Waals surface area contributed by atoms with Crippen LogP contribution in [0.3, 0.4) is 0 Å². The molecule has 3 aromatic rings. The first-order chi connectivity index (χ1) is 19.0. The second-order valence-electron chi connectivity index (χ2n) is 8.99. The predicted octanol–water partition coefficient (Wildman–Crippen LogP) is 2.25. The molecule has 0 bridgehead atoms. The van der Waals surface area contributed by atoms with E-state index in [2.05, 4.69) is 16.2 Å². The molecule has 2 amide bonds. The van der Waals surface area contributed by atoms with Crippen molar-refractivity contribution in [1.29, 1.82) is 5.41 Å². The normalized spacial score (nSPS) is 11.3. The lowest BCUT2D eigenvalue weighted by Crippen LogP contribution is -2.47. The lowest BCUT2D eigenvalue weighted by molar-refractivity contribution is -0.122. The molecule has 0 saturated carbocycles. The van der Waals surface area contributed by atoms with Gasteiger partial charge in [-0.3, -0.25) is 30.6 Å². The lowest BCUT2D eigenvalue weighted by Gasteiger charge is -2.22. The van der Waals surface area contributed by atoms with Crippen molar-refractivity contribution in [2.45, 2.75) is 32.9 Å². The maximum atomic E-state index is 13.4. The Morgan fingerprint density at radius 2 is 1.73 bits per heavy atom. The molecule has 12 nitrogen and oxygen atoms in total. The number of pyridine rings is 1. The molecule has 0 aliphatic carbocycles. The number of benzene rings is 2. The number of nitrogens with two attached hydrogens (primary N) is 1. The van der Waals surface area contributed by atoms with Crippen molar-refractivity contribution in [2.24, 2.45) is 12.8 Å². The Labute approximate surface area is 231 Å². The minimum Gasteiger partial charge on any atom is -0.493 e. The van der Waals surface area contributed by atoms with Crippen LogP contribution in [-0.4, -0.2) is 40.9 Å². The van der Waals surface area contributed by atoms with Crippen molar-refractivity contribution >= 4 is 29.3 Å². The highest BCUT2D eigenvalue weighted by Gasteiger charge is 2.25. The van der Waals surface area contributed by atoms with E-state index in [-0.39, 0.29) is 35.4 Å². The molecule has 1 heterocycles. The molecular weight excluding hydrogens is 516 g/mol. The molecule has 0 spiro atoms. The first kappa shape index (κ1) is 29.4. The van der Waals surface area contributed by atoms with E-state index in [1.165, 1.54) is 42.1 Å². The van der Waals surface area contributed by atoms with Crippen LogP contribution in [0.15, 0.2) is 65.6 Å². The smallest absolute Gasteiger partial charge is 0.342 e. The quantitative estimate of drug-likeness (QED) is 0.111. The van der Waals surface area contributed by atoms with Crippen LogP contribution in [0.1, 0.15) is 58.7 Å². The van der Waals surface area contributed by atoms with Crippen LogP contribution in [0.25, 0.3) is 0 Å². The van der Waals surface area contributed by atoms with Crippen molar-refractivity contribution in [3.63, 3.8) is 0 Å².